The van der Waals surface area contributed by atoms with Crippen LogP contribution in [0.25, 0.3) is 0 Å². The van der Waals surface area contributed by atoms with Gasteiger partial charge in [0.25, 0.3) is 0 Å². The number of nitrogens with zero attached hydrogens (tertiary/aromatic N) is 2. The number of anilines is 1. The highest BCUT2D eigenvalue weighted by Gasteiger charge is 2.06. The molecule has 0 aromatic heterocycles. The Bertz CT molecular complexity index is 369. The molecule has 0 saturated carbocycles. The van der Waals surface area contributed by atoms with Gasteiger partial charge in [-0.3, -0.25) is 0 Å². The first-order valence-corrected chi connectivity index (χ1v) is 4.72. The van der Waals surface area contributed by atoms with Gasteiger partial charge in [0.2, 0.25) is 0 Å². The van der Waals surface area contributed by atoms with Crippen molar-refractivity contribution in [2.45, 2.75) is 0 Å². The number of benzene rings is 1. The molecule has 0 spiro atoms. The molecule has 15 heavy (non-hydrogen) atoms. The molecule has 80 valence electrons. The first kappa shape index (κ1) is 11.5. The lowest BCUT2D eigenvalue weighted by Gasteiger charge is -2.12. The van der Waals surface area contributed by atoms with Crippen molar-refractivity contribution in [1.82, 2.24) is 4.90 Å². The summed E-state index contributed by atoms with van der Waals surface area (Å²) in [6, 6.07) is 6.44. The van der Waals surface area contributed by atoms with Gasteiger partial charge in [-0.25, -0.2) is 4.39 Å². The minimum Gasteiger partial charge on any atom is -0.383 e. The van der Waals surface area contributed by atoms with Crippen LogP contribution in [0.2, 0.25) is 0 Å². The second kappa shape index (κ2) is 5.32. The van der Waals surface area contributed by atoms with Crippen LogP contribution in [0.3, 0.4) is 0 Å². The Balaban J connectivity index is 2.69. The second-order valence-corrected chi connectivity index (χ2v) is 3.50. The van der Waals surface area contributed by atoms with Crippen LogP contribution in [0.15, 0.2) is 18.2 Å². The van der Waals surface area contributed by atoms with Gasteiger partial charge < -0.3 is 10.2 Å². The van der Waals surface area contributed by atoms with Crippen LogP contribution >= 0.6 is 0 Å². The molecule has 1 aromatic carbocycles. The minimum atomic E-state index is -0.479. The van der Waals surface area contributed by atoms with Crippen LogP contribution < -0.4 is 5.32 Å². The molecule has 0 saturated heterocycles. The van der Waals surface area contributed by atoms with Crippen molar-refractivity contribution in [2.75, 3.05) is 32.5 Å². The molecule has 0 unspecified atom stereocenters. The topological polar surface area (TPSA) is 39.1 Å². The van der Waals surface area contributed by atoms with Gasteiger partial charge in [0.1, 0.15) is 17.4 Å². The standard InChI is InChI=1S/C11H14FN3/c1-15(2)7-6-14-11-5-3-4-10(12)9(11)8-13/h3-5,14H,6-7H2,1-2H3. The Labute approximate surface area is 89.1 Å². The van der Waals surface area contributed by atoms with E-state index in [0.717, 1.165) is 6.54 Å². The molecular weight excluding hydrogens is 193 g/mol. The lowest BCUT2D eigenvalue weighted by atomic mass is 10.2. The van der Waals surface area contributed by atoms with Crippen molar-refractivity contribution in [3.63, 3.8) is 0 Å². The van der Waals surface area contributed by atoms with Crippen LogP contribution in [0.4, 0.5) is 10.1 Å². The summed E-state index contributed by atoms with van der Waals surface area (Å²) in [5.74, 6) is -0.479. The summed E-state index contributed by atoms with van der Waals surface area (Å²) in [6.07, 6.45) is 0. The fourth-order valence-corrected chi connectivity index (χ4v) is 1.20. The SMILES string of the molecule is CN(C)CCNc1cccc(F)c1C#N. The minimum absolute atomic E-state index is 0.0799. The van der Waals surface area contributed by atoms with E-state index in [1.807, 2.05) is 25.1 Å². The van der Waals surface area contributed by atoms with Crippen molar-refractivity contribution in [3.8, 4) is 6.07 Å². The predicted octanol–water partition coefficient (Wildman–Crippen LogP) is 1.67. The second-order valence-electron chi connectivity index (χ2n) is 3.50. The van der Waals surface area contributed by atoms with E-state index < -0.39 is 5.82 Å². The van der Waals surface area contributed by atoms with Gasteiger partial charge in [0.05, 0.1) is 5.69 Å². The van der Waals surface area contributed by atoms with Gasteiger partial charge in [-0.2, -0.15) is 5.26 Å². The fourth-order valence-electron chi connectivity index (χ4n) is 1.20. The van der Waals surface area contributed by atoms with Crippen LogP contribution in [-0.2, 0) is 0 Å². The van der Waals surface area contributed by atoms with E-state index in [-0.39, 0.29) is 5.56 Å². The van der Waals surface area contributed by atoms with Gasteiger partial charge in [-0.1, -0.05) is 6.07 Å². The number of nitrogens with one attached hydrogen (secondary N) is 1. The van der Waals surface area contributed by atoms with Gasteiger partial charge in [-0.15, -0.1) is 0 Å². The van der Waals surface area contributed by atoms with E-state index in [4.69, 9.17) is 5.26 Å². The number of rotatable bonds is 4. The van der Waals surface area contributed by atoms with Gasteiger partial charge in [-0.05, 0) is 26.2 Å². The van der Waals surface area contributed by atoms with E-state index >= 15 is 0 Å². The summed E-state index contributed by atoms with van der Waals surface area (Å²) in [6.45, 7) is 1.52. The number of hydrogen-bond donors (Lipinski definition) is 1. The molecular formula is C11H14FN3. The molecule has 0 bridgehead atoms. The Kier molecular flexibility index (Phi) is 4.07. The molecule has 1 aromatic rings. The summed E-state index contributed by atoms with van der Waals surface area (Å²) in [7, 11) is 3.91. The van der Waals surface area contributed by atoms with Crippen molar-refractivity contribution in [2.24, 2.45) is 0 Å². The molecule has 0 radical (unpaired) electrons. The number of hydrogen-bond acceptors (Lipinski definition) is 3. The summed E-state index contributed by atoms with van der Waals surface area (Å²) >= 11 is 0. The van der Waals surface area contributed by atoms with Crippen molar-refractivity contribution < 1.29 is 4.39 Å². The zero-order chi connectivity index (χ0) is 11.3. The maximum atomic E-state index is 13.2. The van der Waals surface area contributed by atoms with E-state index in [0.29, 0.717) is 12.2 Å². The van der Waals surface area contributed by atoms with Crippen LogP contribution in [-0.4, -0.2) is 32.1 Å². The summed E-state index contributed by atoms with van der Waals surface area (Å²) in [5, 5.41) is 11.8. The highest BCUT2D eigenvalue weighted by atomic mass is 19.1. The predicted molar refractivity (Wildman–Crippen MR) is 58.2 cm³/mol. The average Bonchev–Trinajstić information content (AvgIpc) is 2.17. The van der Waals surface area contributed by atoms with E-state index in [1.54, 1.807) is 12.1 Å². The van der Waals surface area contributed by atoms with E-state index in [2.05, 4.69) is 5.32 Å². The molecule has 0 aliphatic rings. The first-order chi connectivity index (χ1) is 7.15. The summed E-state index contributed by atoms with van der Waals surface area (Å²) in [5.41, 5.74) is 0.635. The fraction of sp³-hybridized carbons (Fsp3) is 0.364. The Morgan fingerprint density at radius 1 is 1.47 bits per heavy atom. The molecule has 0 amide bonds. The summed E-state index contributed by atoms with van der Waals surface area (Å²) in [4.78, 5) is 2.01. The van der Waals surface area contributed by atoms with Gasteiger partial charge in [0.15, 0.2) is 0 Å². The van der Waals surface area contributed by atoms with Crippen LogP contribution in [0.1, 0.15) is 5.56 Å². The highest BCUT2D eigenvalue weighted by molar-refractivity contribution is 5.57. The normalized spacial score (nSPS) is 10.1. The van der Waals surface area contributed by atoms with Gasteiger partial charge >= 0.3 is 0 Å². The zero-order valence-corrected chi connectivity index (χ0v) is 8.92. The molecule has 3 nitrogen and oxygen atoms in total. The molecule has 0 heterocycles. The Morgan fingerprint density at radius 3 is 2.80 bits per heavy atom. The molecule has 0 fully saturated rings. The zero-order valence-electron chi connectivity index (χ0n) is 8.92. The highest BCUT2D eigenvalue weighted by Crippen LogP contribution is 2.17. The molecule has 1 N–H and O–H groups in total. The van der Waals surface area contributed by atoms with Crippen molar-refractivity contribution in [1.29, 1.82) is 5.26 Å². The maximum absolute atomic E-state index is 13.2. The monoisotopic (exact) mass is 207 g/mol. The Morgan fingerprint density at radius 2 is 2.20 bits per heavy atom. The van der Waals surface area contributed by atoms with Gasteiger partial charge in [0, 0.05) is 13.1 Å². The van der Waals surface area contributed by atoms with Crippen LogP contribution in [0, 0.1) is 17.1 Å². The number of likely N-dealkylation sites (N-methyl/N-ethyl adjacent to an activating group) is 1. The number of halogens is 1. The molecule has 0 atom stereocenters. The summed E-state index contributed by atoms with van der Waals surface area (Å²) < 4.78 is 13.2. The van der Waals surface area contributed by atoms with Crippen molar-refractivity contribution >= 4 is 5.69 Å². The third kappa shape index (κ3) is 3.22. The lowest BCUT2D eigenvalue weighted by Crippen LogP contribution is -2.21. The van der Waals surface area contributed by atoms with Crippen LogP contribution in [0.5, 0.6) is 0 Å². The Hall–Kier alpha value is -1.60. The maximum Gasteiger partial charge on any atom is 0.143 e. The van der Waals surface area contributed by atoms with Crippen molar-refractivity contribution in [3.05, 3.63) is 29.6 Å². The third-order valence-electron chi connectivity index (χ3n) is 2.00. The molecule has 4 heteroatoms. The largest absolute Gasteiger partial charge is 0.383 e. The average molecular weight is 207 g/mol. The number of nitriles is 1. The lowest BCUT2D eigenvalue weighted by molar-refractivity contribution is 0.425. The quantitative estimate of drug-likeness (QED) is 0.816. The third-order valence-corrected chi connectivity index (χ3v) is 2.00. The van der Waals surface area contributed by atoms with E-state index in [1.165, 1.54) is 6.07 Å². The molecule has 0 aliphatic heterocycles. The molecule has 1 rings (SSSR count). The van der Waals surface area contributed by atoms with E-state index in [9.17, 15) is 4.39 Å². The smallest absolute Gasteiger partial charge is 0.143 e. The first-order valence-electron chi connectivity index (χ1n) is 4.72. The molecule has 0 aliphatic carbocycles.